The zero-order valence-electron chi connectivity index (χ0n) is 9.18. The summed E-state index contributed by atoms with van der Waals surface area (Å²) in [5, 5.41) is 0. The number of hydrogen-bond donors (Lipinski definition) is 0. The normalized spacial score (nSPS) is 20.5. The fraction of sp³-hybridized carbons (Fsp3) is 0.833. The van der Waals surface area contributed by atoms with Crippen LogP contribution in [-0.4, -0.2) is 24.5 Å². The molecule has 1 aliphatic rings. The summed E-state index contributed by atoms with van der Waals surface area (Å²) in [5.74, 6) is 1.01. The Labute approximate surface area is 82.8 Å². The smallest absolute Gasteiger partial charge is 0.0187 e. The second kappa shape index (κ2) is 5.43. The van der Waals surface area contributed by atoms with E-state index in [1.54, 1.807) is 0 Å². The summed E-state index contributed by atoms with van der Waals surface area (Å²) in [4.78, 5) is 2.54. The van der Waals surface area contributed by atoms with Gasteiger partial charge < -0.3 is 0 Å². The molecule has 1 rings (SSSR count). The summed E-state index contributed by atoms with van der Waals surface area (Å²) in [6, 6.07) is 0. The molecule has 0 aliphatic carbocycles. The fourth-order valence-electron chi connectivity index (χ4n) is 2.22. The molecule has 0 amide bonds. The molecule has 0 aromatic heterocycles. The summed E-state index contributed by atoms with van der Waals surface area (Å²) >= 11 is 0. The summed E-state index contributed by atoms with van der Waals surface area (Å²) < 4.78 is 0. The Morgan fingerprint density at radius 2 is 2.00 bits per heavy atom. The van der Waals surface area contributed by atoms with E-state index in [9.17, 15) is 0 Å². The predicted octanol–water partition coefficient (Wildman–Crippen LogP) is 3.07. The lowest BCUT2D eigenvalue weighted by molar-refractivity contribution is 0.191. The molecule has 0 radical (unpaired) electrons. The van der Waals surface area contributed by atoms with E-state index < -0.39 is 0 Å². The molecule has 1 aliphatic heterocycles. The molecule has 0 aromatic carbocycles. The molecule has 0 bridgehead atoms. The van der Waals surface area contributed by atoms with Crippen LogP contribution in [0.25, 0.3) is 0 Å². The first-order chi connectivity index (χ1) is 6.22. The van der Waals surface area contributed by atoms with Gasteiger partial charge in [0.15, 0.2) is 0 Å². The molecule has 1 heteroatoms. The van der Waals surface area contributed by atoms with Gasteiger partial charge in [-0.2, -0.15) is 0 Å². The molecule has 1 heterocycles. The third-order valence-corrected chi connectivity index (χ3v) is 2.90. The topological polar surface area (TPSA) is 3.24 Å². The van der Waals surface area contributed by atoms with Crippen LogP contribution in [0.4, 0.5) is 0 Å². The van der Waals surface area contributed by atoms with Crippen LogP contribution in [0.5, 0.6) is 0 Å². The average Bonchev–Trinajstić information content (AvgIpc) is 2.08. The first-order valence-corrected chi connectivity index (χ1v) is 5.59. The maximum Gasteiger partial charge on any atom is 0.0187 e. The molecule has 0 saturated carbocycles. The SMILES string of the molecule is C=C(C)CN1CCC(CCC)CC1. The third-order valence-electron chi connectivity index (χ3n) is 2.90. The van der Waals surface area contributed by atoms with Crippen molar-refractivity contribution in [3.8, 4) is 0 Å². The van der Waals surface area contributed by atoms with Crippen LogP contribution in [0, 0.1) is 5.92 Å². The van der Waals surface area contributed by atoms with E-state index in [4.69, 9.17) is 0 Å². The Morgan fingerprint density at radius 3 is 2.46 bits per heavy atom. The number of nitrogens with zero attached hydrogens (tertiary/aromatic N) is 1. The standard InChI is InChI=1S/C12H23N/c1-4-5-12-6-8-13(9-7-12)10-11(2)3/h12H,2,4-10H2,1,3H3. The third kappa shape index (κ3) is 3.95. The van der Waals surface area contributed by atoms with Crippen molar-refractivity contribution in [2.45, 2.75) is 39.5 Å². The van der Waals surface area contributed by atoms with Gasteiger partial charge in [-0.15, -0.1) is 0 Å². The van der Waals surface area contributed by atoms with E-state index in [0.717, 1.165) is 12.5 Å². The van der Waals surface area contributed by atoms with Crippen LogP contribution in [0.3, 0.4) is 0 Å². The van der Waals surface area contributed by atoms with E-state index in [1.807, 2.05) is 0 Å². The van der Waals surface area contributed by atoms with Crippen molar-refractivity contribution >= 4 is 0 Å². The number of likely N-dealkylation sites (tertiary alicyclic amines) is 1. The van der Waals surface area contributed by atoms with Gasteiger partial charge in [0.05, 0.1) is 0 Å². The summed E-state index contributed by atoms with van der Waals surface area (Å²) in [6.45, 7) is 12.1. The lowest BCUT2D eigenvalue weighted by atomic mass is 9.92. The zero-order valence-corrected chi connectivity index (χ0v) is 9.18. The summed E-state index contributed by atoms with van der Waals surface area (Å²) in [5.41, 5.74) is 1.30. The van der Waals surface area contributed by atoms with Crippen LogP contribution in [0.1, 0.15) is 39.5 Å². The van der Waals surface area contributed by atoms with Crippen molar-refractivity contribution < 1.29 is 0 Å². The Kier molecular flexibility index (Phi) is 4.51. The molecule has 0 spiro atoms. The Balaban J connectivity index is 2.18. The van der Waals surface area contributed by atoms with Crippen molar-refractivity contribution in [2.75, 3.05) is 19.6 Å². The molecular weight excluding hydrogens is 158 g/mol. The van der Waals surface area contributed by atoms with Crippen LogP contribution in [0.2, 0.25) is 0 Å². The first-order valence-electron chi connectivity index (χ1n) is 5.59. The largest absolute Gasteiger partial charge is 0.299 e. The highest BCUT2D eigenvalue weighted by molar-refractivity contribution is 4.92. The van der Waals surface area contributed by atoms with E-state index in [2.05, 4.69) is 25.3 Å². The molecule has 13 heavy (non-hydrogen) atoms. The van der Waals surface area contributed by atoms with Crippen molar-refractivity contribution in [3.05, 3.63) is 12.2 Å². The Morgan fingerprint density at radius 1 is 1.38 bits per heavy atom. The van der Waals surface area contributed by atoms with Gasteiger partial charge in [0.25, 0.3) is 0 Å². The van der Waals surface area contributed by atoms with Gasteiger partial charge in [-0.25, -0.2) is 0 Å². The van der Waals surface area contributed by atoms with Gasteiger partial charge in [-0.05, 0) is 38.8 Å². The van der Waals surface area contributed by atoms with Gasteiger partial charge in [0.1, 0.15) is 0 Å². The molecule has 1 fully saturated rings. The van der Waals surface area contributed by atoms with Crippen LogP contribution >= 0.6 is 0 Å². The summed E-state index contributed by atoms with van der Waals surface area (Å²) in [7, 11) is 0. The van der Waals surface area contributed by atoms with E-state index >= 15 is 0 Å². The predicted molar refractivity (Wildman–Crippen MR) is 58.9 cm³/mol. The maximum absolute atomic E-state index is 3.96. The lowest BCUT2D eigenvalue weighted by Crippen LogP contribution is -2.34. The molecule has 1 saturated heterocycles. The van der Waals surface area contributed by atoms with Gasteiger partial charge >= 0.3 is 0 Å². The minimum Gasteiger partial charge on any atom is -0.299 e. The van der Waals surface area contributed by atoms with Crippen LogP contribution in [-0.2, 0) is 0 Å². The van der Waals surface area contributed by atoms with Gasteiger partial charge in [0, 0.05) is 6.54 Å². The van der Waals surface area contributed by atoms with Gasteiger partial charge in [-0.1, -0.05) is 31.9 Å². The van der Waals surface area contributed by atoms with Crippen molar-refractivity contribution in [1.29, 1.82) is 0 Å². The van der Waals surface area contributed by atoms with Crippen LogP contribution in [0.15, 0.2) is 12.2 Å². The Hall–Kier alpha value is -0.300. The second-order valence-electron chi connectivity index (χ2n) is 4.47. The zero-order chi connectivity index (χ0) is 9.68. The van der Waals surface area contributed by atoms with Gasteiger partial charge in [-0.3, -0.25) is 4.90 Å². The minimum absolute atomic E-state index is 1.01. The highest BCUT2D eigenvalue weighted by Crippen LogP contribution is 2.21. The maximum atomic E-state index is 3.96. The monoisotopic (exact) mass is 181 g/mol. The van der Waals surface area contributed by atoms with Crippen molar-refractivity contribution in [3.63, 3.8) is 0 Å². The van der Waals surface area contributed by atoms with Crippen LogP contribution < -0.4 is 0 Å². The molecular formula is C12H23N. The molecule has 1 nitrogen and oxygen atoms in total. The first kappa shape index (κ1) is 10.8. The molecule has 0 N–H and O–H groups in total. The fourth-order valence-corrected chi connectivity index (χ4v) is 2.22. The number of rotatable bonds is 4. The lowest BCUT2D eigenvalue weighted by Gasteiger charge is -2.31. The quantitative estimate of drug-likeness (QED) is 0.602. The minimum atomic E-state index is 1.01. The highest BCUT2D eigenvalue weighted by Gasteiger charge is 2.17. The number of piperidine rings is 1. The van der Waals surface area contributed by atoms with Gasteiger partial charge in [0.2, 0.25) is 0 Å². The van der Waals surface area contributed by atoms with E-state index in [0.29, 0.717) is 0 Å². The number of hydrogen-bond acceptors (Lipinski definition) is 1. The average molecular weight is 181 g/mol. The molecule has 76 valence electrons. The van der Waals surface area contributed by atoms with E-state index in [1.165, 1.54) is 44.3 Å². The molecule has 0 atom stereocenters. The highest BCUT2D eigenvalue weighted by atomic mass is 15.1. The summed E-state index contributed by atoms with van der Waals surface area (Å²) in [6.07, 6.45) is 5.59. The molecule has 0 aromatic rings. The van der Waals surface area contributed by atoms with Crippen molar-refractivity contribution in [2.24, 2.45) is 5.92 Å². The second-order valence-corrected chi connectivity index (χ2v) is 4.47. The Bertz CT molecular complexity index is 155. The van der Waals surface area contributed by atoms with E-state index in [-0.39, 0.29) is 0 Å². The molecule has 0 unspecified atom stereocenters. The van der Waals surface area contributed by atoms with Crippen molar-refractivity contribution in [1.82, 2.24) is 4.90 Å².